The molecule has 8 heteroatoms. The lowest BCUT2D eigenvalue weighted by atomic mass is 10.1. The van der Waals surface area contributed by atoms with Crippen molar-refractivity contribution in [3.8, 4) is 5.69 Å². The first-order valence-electron chi connectivity index (χ1n) is 7.70. The average Bonchev–Trinajstić information content (AvgIpc) is 2.97. The molecule has 0 spiro atoms. The summed E-state index contributed by atoms with van der Waals surface area (Å²) >= 11 is 3.53. The molecule has 0 fully saturated rings. The van der Waals surface area contributed by atoms with E-state index in [0.29, 0.717) is 11.2 Å². The van der Waals surface area contributed by atoms with E-state index in [-0.39, 0.29) is 5.56 Å². The Morgan fingerprint density at radius 3 is 2.38 bits per heavy atom. The van der Waals surface area contributed by atoms with Crippen LogP contribution < -0.4 is 10.1 Å². The minimum atomic E-state index is -4.42. The van der Waals surface area contributed by atoms with Gasteiger partial charge in [-0.2, -0.15) is 13.2 Å². The van der Waals surface area contributed by atoms with Gasteiger partial charge in [0.15, 0.2) is 11.2 Å². The molecule has 4 rings (SSSR count). The average molecular weight is 423 g/mol. The largest absolute Gasteiger partial charge is 0.416 e. The molecule has 0 bridgehead atoms. The number of aromatic amines is 1. The lowest BCUT2D eigenvalue weighted by Crippen LogP contribution is -2.27. The molecule has 0 atom stereocenters. The Kier molecular flexibility index (Phi) is 3.69. The third-order valence-corrected chi connectivity index (χ3v) is 5.37. The molecule has 2 heterocycles. The number of halogens is 4. The van der Waals surface area contributed by atoms with Gasteiger partial charge in [-0.05, 0) is 59.3 Å². The second kappa shape index (κ2) is 5.70. The van der Waals surface area contributed by atoms with E-state index in [0.717, 1.165) is 33.1 Å². The monoisotopic (exact) mass is 422 g/mol. The molecule has 26 heavy (non-hydrogen) atoms. The summed E-state index contributed by atoms with van der Waals surface area (Å²) in [6.45, 7) is 1.82. The molecule has 2 aromatic heterocycles. The van der Waals surface area contributed by atoms with E-state index in [1.54, 1.807) is 4.52 Å². The number of aromatic nitrogens is 3. The third-order valence-electron chi connectivity index (χ3n) is 4.35. The molecule has 132 valence electrons. The van der Waals surface area contributed by atoms with Gasteiger partial charge >= 0.3 is 11.7 Å². The van der Waals surface area contributed by atoms with Crippen molar-refractivity contribution in [1.29, 1.82) is 0 Å². The Hall–Kier alpha value is -2.61. The summed E-state index contributed by atoms with van der Waals surface area (Å²) in [5.74, 6) is 0. The lowest BCUT2D eigenvalue weighted by molar-refractivity contribution is -0.556. The quantitative estimate of drug-likeness (QED) is 0.460. The predicted molar refractivity (Wildman–Crippen MR) is 94.5 cm³/mol. The van der Waals surface area contributed by atoms with E-state index >= 15 is 0 Å². The molecule has 4 nitrogen and oxygen atoms in total. The number of para-hydroxylation sites is 1. The van der Waals surface area contributed by atoms with Gasteiger partial charge in [0.1, 0.15) is 0 Å². The van der Waals surface area contributed by atoms with Gasteiger partial charge in [0.2, 0.25) is 5.52 Å². The van der Waals surface area contributed by atoms with Crippen LogP contribution in [0.5, 0.6) is 0 Å². The first-order chi connectivity index (χ1) is 12.3. The first-order valence-corrected chi connectivity index (χ1v) is 8.49. The number of fused-ring (bicyclic) bond motifs is 3. The van der Waals surface area contributed by atoms with E-state index in [2.05, 4.69) is 21.1 Å². The number of rotatable bonds is 1. The molecule has 0 aliphatic rings. The topological polar surface area (TPSA) is 41.9 Å². The highest BCUT2D eigenvalue weighted by molar-refractivity contribution is 9.10. The summed E-state index contributed by atoms with van der Waals surface area (Å²) < 4.78 is 42.0. The summed E-state index contributed by atoms with van der Waals surface area (Å²) in [6.07, 6.45) is -4.42. The summed E-state index contributed by atoms with van der Waals surface area (Å²) in [5.41, 5.74) is 1.18. The van der Waals surface area contributed by atoms with E-state index in [9.17, 15) is 18.0 Å². The number of alkyl halides is 3. The Morgan fingerprint density at radius 1 is 1.08 bits per heavy atom. The van der Waals surface area contributed by atoms with Crippen molar-refractivity contribution in [3.63, 3.8) is 0 Å². The number of H-pyrrole nitrogens is 1. The van der Waals surface area contributed by atoms with Crippen molar-refractivity contribution < 1.29 is 17.7 Å². The second-order valence-electron chi connectivity index (χ2n) is 5.93. The van der Waals surface area contributed by atoms with Gasteiger partial charge < -0.3 is 0 Å². The van der Waals surface area contributed by atoms with E-state index in [1.165, 1.54) is 16.8 Å². The first kappa shape index (κ1) is 16.8. The fourth-order valence-electron chi connectivity index (χ4n) is 3.03. The smallest absolute Gasteiger partial charge is 0.234 e. The van der Waals surface area contributed by atoms with Crippen molar-refractivity contribution in [1.82, 2.24) is 9.90 Å². The molecule has 0 unspecified atom stereocenters. The van der Waals surface area contributed by atoms with Crippen LogP contribution in [0.3, 0.4) is 0 Å². The van der Waals surface area contributed by atoms with E-state index in [1.807, 2.05) is 31.2 Å². The fraction of sp³-hybridized carbons (Fsp3) is 0.111. The molecular formula is C18H12BrF3N3O+. The molecule has 0 saturated heterocycles. The maximum atomic E-state index is 12.9. The maximum Gasteiger partial charge on any atom is 0.416 e. The molecule has 4 aromatic rings. The highest BCUT2D eigenvalue weighted by Crippen LogP contribution is 2.30. The van der Waals surface area contributed by atoms with Gasteiger partial charge in [-0.25, -0.2) is 4.79 Å². The van der Waals surface area contributed by atoms with Gasteiger partial charge in [0, 0.05) is 15.4 Å². The number of nitrogens with one attached hydrogen (secondary N) is 1. The number of benzene rings is 2. The normalized spacial score (nSPS) is 12.2. The summed E-state index contributed by atoms with van der Waals surface area (Å²) in [4.78, 5) is 12.9. The Morgan fingerprint density at radius 2 is 1.73 bits per heavy atom. The summed E-state index contributed by atoms with van der Waals surface area (Å²) in [7, 11) is 0. The van der Waals surface area contributed by atoms with Gasteiger partial charge in [0.25, 0.3) is 0 Å². The van der Waals surface area contributed by atoms with Crippen LogP contribution in [0.25, 0.3) is 22.1 Å². The molecule has 2 aromatic carbocycles. The fourth-order valence-corrected chi connectivity index (χ4v) is 3.56. The van der Waals surface area contributed by atoms with E-state index < -0.39 is 11.7 Å². The van der Waals surface area contributed by atoms with E-state index in [4.69, 9.17) is 0 Å². The van der Waals surface area contributed by atoms with Crippen LogP contribution in [0.2, 0.25) is 0 Å². The zero-order valence-corrected chi connectivity index (χ0v) is 15.0. The van der Waals surface area contributed by atoms with Crippen LogP contribution in [0.4, 0.5) is 13.2 Å². The highest BCUT2D eigenvalue weighted by Gasteiger charge is 2.31. The van der Waals surface area contributed by atoms with Gasteiger partial charge in [-0.15, -0.1) is 4.52 Å². The minimum absolute atomic E-state index is 0.325. The maximum absolute atomic E-state index is 12.9. The molecule has 0 radical (unpaired) electrons. The van der Waals surface area contributed by atoms with Gasteiger partial charge in [-0.1, -0.05) is 22.0 Å². The van der Waals surface area contributed by atoms with Crippen LogP contribution in [0, 0.1) is 6.92 Å². The summed E-state index contributed by atoms with van der Waals surface area (Å²) in [6, 6.07) is 12.0. The van der Waals surface area contributed by atoms with Crippen molar-refractivity contribution in [2.75, 3.05) is 0 Å². The SMILES string of the molecule is Cc1c(Br)c2ccccc2[n+]2[nH]n(-c3ccc(C(F)(F)F)cc3)c(=O)c12. The van der Waals surface area contributed by atoms with Gasteiger partial charge in [-0.3, -0.25) is 0 Å². The number of pyridine rings is 1. The number of nitrogens with zero attached hydrogens (tertiary/aromatic N) is 2. The summed E-state index contributed by atoms with van der Waals surface area (Å²) in [5, 5.41) is 3.89. The lowest BCUT2D eigenvalue weighted by Gasteiger charge is -2.05. The van der Waals surface area contributed by atoms with Crippen molar-refractivity contribution in [3.05, 3.63) is 74.5 Å². The molecule has 0 saturated carbocycles. The zero-order chi connectivity index (χ0) is 18.6. The minimum Gasteiger partial charge on any atom is -0.234 e. The molecule has 0 aliphatic heterocycles. The van der Waals surface area contributed by atoms with Crippen LogP contribution >= 0.6 is 15.9 Å². The third kappa shape index (κ3) is 2.44. The van der Waals surface area contributed by atoms with Crippen LogP contribution in [-0.4, -0.2) is 9.90 Å². The van der Waals surface area contributed by atoms with Crippen LogP contribution in [0.1, 0.15) is 11.1 Å². The molecule has 0 amide bonds. The number of aryl methyl sites for hydroxylation is 1. The predicted octanol–water partition coefficient (Wildman–Crippen LogP) is 4.15. The van der Waals surface area contributed by atoms with Crippen molar-refractivity contribution >= 4 is 32.3 Å². The van der Waals surface area contributed by atoms with Crippen molar-refractivity contribution in [2.24, 2.45) is 0 Å². The molecule has 0 aliphatic carbocycles. The van der Waals surface area contributed by atoms with Crippen molar-refractivity contribution in [2.45, 2.75) is 13.1 Å². The number of hydrogen-bond donors (Lipinski definition) is 1. The Bertz CT molecular complexity index is 1210. The Balaban J connectivity index is 2.01. The standard InChI is InChI=1S/C18H11BrF3N3O/c1-10-15(19)13-4-2-3-5-14(13)25-16(10)17(26)24(23-25)12-8-6-11(7-9-12)18(20,21)22/h2-9H,1H3/p+1. The second-order valence-corrected chi connectivity index (χ2v) is 6.72. The zero-order valence-electron chi connectivity index (χ0n) is 13.4. The Labute approximate surface area is 153 Å². The number of hydrogen-bond acceptors (Lipinski definition) is 1. The van der Waals surface area contributed by atoms with Crippen LogP contribution in [0.15, 0.2) is 57.8 Å². The molecule has 1 N–H and O–H groups in total. The van der Waals surface area contributed by atoms with Gasteiger partial charge in [0.05, 0.1) is 5.56 Å². The van der Waals surface area contributed by atoms with Crippen LogP contribution in [-0.2, 0) is 6.18 Å². The highest BCUT2D eigenvalue weighted by atomic mass is 79.9. The molecular weight excluding hydrogens is 411 g/mol.